The number of hydrogen-bond acceptors (Lipinski definition) is 1. The van der Waals surface area contributed by atoms with Crippen LogP contribution in [0.2, 0.25) is 0 Å². The summed E-state index contributed by atoms with van der Waals surface area (Å²) < 4.78 is 11.6. The summed E-state index contributed by atoms with van der Waals surface area (Å²) in [6.07, 6.45) is 1.11. The first-order valence-corrected chi connectivity index (χ1v) is 7.19. The van der Waals surface area contributed by atoms with Crippen molar-refractivity contribution >= 4 is 11.0 Å². The first kappa shape index (κ1) is 15.1. The molecule has 0 aromatic rings. The van der Waals surface area contributed by atoms with Crippen LogP contribution in [0.5, 0.6) is 0 Å². The molecule has 0 radical (unpaired) electrons. The van der Waals surface area contributed by atoms with Gasteiger partial charge in [-0.05, 0) is 30.1 Å². The van der Waals surface area contributed by atoms with E-state index in [1.54, 1.807) is 0 Å². The standard InChI is InChI=1S/C12H27NOS/c1-8(2)7-11(9(3)4)12(10(5)6)15(13)14/h8-12H,7,13H2,1-6H3/t11-,12-,15?/m1/s1. The predicted octanol–water partition coefficient (Wildman–Crippen LogP) is 2.95. The Morgan fingerprint density at radius 3 is 1.67 bits per heavy atom. The zero-order valence-corrected chi connectivity index (χ0v) is 11.8. The van der Waals surface area contributed by atoms with E-state index in [4.69, 9.17) is 5.14 Å². The second kappa shape index (κ2) is 6.64. The molecule has 0 aromatic carbocycles. The van der Waals surface area contributed by atoms with Crippen LogP contribution in [-0.2, 0) is 11.0 Å². The fourth-order valence-corrected chi connectivity index (χ4v) is 3.57. The summed E-state index contributed by atoms with van der Waals surface area (Å²) in [7, 11) is -1.20. The maximum absolute atomic E-state index is 11.6. The first-order valence-electron chi connectivity index (χ1n) is 5.92. The summed E-state index contributed by atoms with van der Waals surface area (Å²) in [6, 6.07) is 0. The summed E-state index contributed by atoms with van der Waals surface area (Å²) in [4.78, 5) is 0. The Kier molecular flexibility index (Phi) is 6.69. The average Bonchev–Trinajstić information content (AvgIpc) is 2.00. The van der Waals surface area contributed by atoms with Crippen LogP contribution >= 0.6 is 0 Å². The summed E-state index contributed by atoms with van der Waals surface area (Å²) in [6.45, 7) is 13.1. The van der Waals surface area contributed by atoms with Crippen LogP contribution < -0.4 is 5.14 Å². The first-order chi connectivity index (χ1) is 6.77. The quantitative estimate of drug-likeness (QED) is 0.753. The lowest BCUT2D eigenvalue weighted by Gasteiger charge is -2.32. The fraction of sp³-hybridized carbons (Fsp3) is 1.00. The van der Waals surface area contributed by atoms with Gasteiger partial charge in [0.1, 0.15) is 0 Å². The number of hydrogen-bond donors (Lipinski definition) is 1. The molecule has 0 aliphatic heterocycles. The third-order valence-corrected chi connectivity index (χ3v) is 4.38. The molecule has 15 heavy (non-hydrogen) atoms. The molecule has 0 rings (SSSR count). The summed E-state index contributed by atoms with van der Waals surface area (Å²) in [5.41, 5.74) is 0. The molecule has 0 aromatic heterocycles. The van der Waals surface area contributed by atoms with Crippen molar-refractivity contribution in [3.63, 3.8) is 0 Å². The summed E-state index contributed by atoms with van der Waals surface area (Å²) in [5.74, 6) is 2.05. The minimum Gasteiger partial charge on any atom is -0.252 e. The SMILES string of the molecule is CC(C)C[C@H](C(C)C)[C@@H](C(C)C)S(N)=O. The van der Waals surface area contributed by atoms with E-state index < -0.39 is 11.0 Å². The molecule has 1 unspecified atom stereocenters. The van der Waals surface area contributed by atoms with E-state index in [2.05, 4.69) is 41.5 Å². The molecule has 0 amide bonds. The molecule has 0 bridgehead atoms. The fourth-order valence-electron chi connectivity index (χ4n) is 2.26. The zero-order chi connectivity index (χ0) is 12.2. The lowest BCUT2D eigenvalue weighted by atomic mass is 9.81. The van der Waals surface area contributed by atoms with Crippen molar-refractivity contribution in [1.82, 2.24) is 0 Å². The number of rotatable bonds is 6. The van der Waals surface area contributed by atoms with E-state index in [9.17, 15) is 4.21 Å². The van der Waals surface area contributed by atoms with Crippen LogP contribution in [0.25, 0.3) is 0 Å². The van der Waals surface area contributed by atoms with E-state index >= 15 is 0 Å². The van der Waals surface area contributed by atoms with Gasteiger partial charge >= 0.3 is 0 Å². The maximum atomic E-state index is 11.6. The Morgan fingerprint density at radius 1 is 1.00 bits per heavy atom. The molecular weight excluding hydrogens is 206 g/mol. The summed E-state index contributed by atoms with van der Waals surface area (Å²) >= 11 is 0. The predicted molar refractivity (Wildman–Crippen MR) is 68.7 cm³/mol. The van der Waals surface area contributed by atoms with Gasteiger partial charge in [-0.15, -0.1) is 0 Å². The molecule has 0 saturated heterocycles. The Balaban J connectivity index is 4.76. The largest absolute Gasteiger partial charge is 0.252 e. The average molecular weight is 233 g/mol. The minimum absolute atomic E-state index is 0.132. The van der Waals surface area contributed by atoms with Crippen LogP contribution in [0.15, 0.2) is 0 Å². The highest BCUT2D eigenvalue weighted by Crippen LogP contribution is 2.30. The molecule has 0 aliphatic carbocycles. The van der Waals surface area contributed by atoms with Crippen LogP contribution in [0.1, 0.15) is 48.0 Å². The van der Waals surface area contributed by atoms with E-state index in [1.165, 1.54) is 0 Å². The highest BCUT2D eigenvalue weighted by Gasteiger charge is 2.31. The molecule has 0 heterocycles. The van der Waals surface area contributed by atoms with E-state index in [1.807, 2.05) is 0 Å². The van der Waals surface area contributed by atoms with Gasteiger partial charge in [0.15, 0.2) is 0 Å². The van der Waals surface area contributed by atoms with Gasteiger partial charge in [0.25, 0.3) is 0 Å². The van der Waals surface area contributed by atoms with Crippen molar-refractivity contribution in [1.29, 1.82) is 0 Å². The Bertz CT molecular complexity index is 202. The van der Waals surface area contributed by atoms with Crippen LogP contribution in [0.3, 0.4) is 0 Å². The molecule has 0 spiro atoms. The lowest BCUT2D eigenvalue weighted by molar-refractivity contribution is 0.275. The highest BCUT2D eigenvalue weighted by molar-refractivity contribution is 7.83. The monoisotopic (exact) mass is 233 g/mol. The molecule has 3 atom stereocenters. The molecule has 0 aliphatic rings. The van der Waals surface area contributed by atoms with Gasteiger partial charge < -0.3 is 0 Å². The Hall–Kier alpha value is 0.110. The Labute approximate surface area is 97.6 Å². The van der Waals surface area contributed by atoms with Crippen LogP contribution in [0.4, 0.5) is 0 Å². The van der Waals surface area contributed by atoms with Crippen molar-refractivity contribution in [3.8, 4) is 0 Å². The third-order valence-electron chi connectivity index (χ3n) is 2.95. The van der Waals surface area contributed by atoms with Gasteiger partial charge in [-0.25, -0.2) is 4.21 Å². The van der Waals surface area contributed by atoms with Gasteiger partial charge in [0.05, 0.1) is 16.2 Å². The second-order valence-electron chi connectivity index (χ2n) is 5.57. The Morgan fingerprint density at radius 2 is 1.47 bits per heavy atom. The molecule has 2 nitrogen and oxygen atoms in total. The summed E-state index contributed by atoms with van der Waals surface area (Å²) in [5, 5.41) is 5.76. The smallest absolute Gasteiger partial charge is 0.0925 e. The van der Waals surface area contributed by atoms with E-state index in [0.29, 0.717) is 23.7 Å². The van der Waals surface area contributed by atoms with Crippen LogP contribution in [-0.4, -0.2) is 9.46 Å². The molecule has 2 N–H and O–H groups in total. The number of nitrogens with two attached hydrogens (primary N) is 1. The van der Waals surface area contributed by atoms with E-state index in [-0.39, 0.29) is 5.25 Å². The molecule has 0 fully saturated rings. The van der Waals surface area contributed by atoms with Crippen molar-refractivity contribution < 1.29 is 4.21 Å². The third kappa shape index (κ3) is 5.12. The van der Waals surface area contributed by atoms with Gasteiger partial charge in [-0.1, -0.05) is 41.5 Å². The van der Waals surface area contributed by atoms with Gasteiger partial charge in [-0.2, -0.15) is 0 Å². The van der Waals surface area contributed by atoms with E-state index in [0.717, 1.165) is 6.42 Å². The van der Waals surface area contributed by atoms with Crippen molar-refractivity contribution in [3.05, 3.63) is 0 Å². The van der Waals surface area contributed by atoms with Crippen molar-refractivity contribution in [2.45, 2.75) is 53.2 Å². The molecule has 0 saturated carbocycles. The normalized spacial score (nSPS) is 18.5. The lowest BCUT2D eigenvalue weighted by Crippen LogP contribution is -2.38. The zero-order valence-electron chi connectivity index (χ0n) is 11.0. The van der Waals surface area contributed by atoms with Gasteiger partial charge in [0.2, 0.25) is 0 Å². The molecular formula is C12H27NOS. The van der Waals surface area contributed by atoms with Gasteiger partial charge in [0, 0.05) is 0 Å². The molecule has 3 heteroatoms. The van der Waals surface area contributed by atoms with Crippen molar-refractivity contribution in [2.75, 3.05) is 0 Å². The van der Waals surface area contributed by atoms with Gasteiger partial charge in [-0.3, -0.25) is 5.14 Å². The maximum Gasteiger partial charge on any atom is 0.0925 e. The minimum atomic E-state index is -1.20. The van der Waals surface area contributed by atoms with Crippen molar-refractivity contribution in [2.24, 2.45) is 28.8 Å². The topological polar surface area (TPSA) is 43.1 Å². The molecule has 92 valence electrons. The highest BCUT2D eigenvalue weighted by atomic mass is 32.2. The van der Waals surface area contributed by atoms with Crippen LogP contribution in [0, 0.1) is 23.7 Å². The second-order valence-corrected chi connectivity index (χ2v) is 6.78.